The van der Waals surface area contributed by atoms with E-state index in [1.165, 1.54) is 6.33 Å². The number of amides is 1. The van der Waals surface area contributed by atoms with Gasteiger partial charge in [-0.25, -0.2) is 9.97 Å². The molecule has 1 N–H and O–H groups in total. The minimum atomic E-state index is 0.0809. The lowest BCUT2D eigenvalue weighted by Gasteiger charge is -2.04. The first-order chi connectivity index (χ1) is 9.78. The maximum Gasteiger partial charge on any atom is 0.220 e. The van der Waals surface area contributed by atoms with Crippen LogP contribution in [0.25, 0.3) is 0 Å². The molecule has 2 rings (SSSR count). The van der Waals surface area contributed by atoms with E-state index < -0.39 is 0 Å². The number of nitrogens with one attached hydrogen (secondary N) is 1. The van der Waals surface area contributed by atoms with Gasteiger partial charge in [-0.05, 0) is 12.8 Å². The monoisotopic (exact) mass is 293 g/mol. The Morgan fingerprint density at radius 2 is 2.40 bits per heavy atom. The molecule has 1 amide bonds. The fraction of sp³-hybridized carbons (Fsp3) is 0.538. The quantitative estimate of drug-likeness (QED) is 0.799. The van der Waals surface area contributed by atoms with Crippen LogP contribution >= 0.6 is 11.3 Å². The van der Waals surface area contributed by atoms with Crippen molar-refractivity contribution in [1.82, 2.24) is 25.1 Å². The largest absolute Gasteiger partial charge is 0.356 e. The van der Waals surface area contributed by atoms with E-state index in [0.717, 1.165) is 36.5 Å². The van der Waals surface area contributed by atoms with Crippen LogP contribution in [-0.2, 0) is 24.2 Å². The lowest BCUT2D eigenvalue weighted by Crippen LogP contribution is -2.25. The third kappa shape index (κ3) is 4.73. The van der Waals surface area contributed by atoms with E-state index >= 15 is 0 Å². The molecular weight excluding hydrogens is 274 g/mol. The number of hydrogen-bond acceptors (Lipinski definition) is 5. The van der Waals surface area contributed by atoms with Crippen LogP contribution in [0.4, 0.5) is 0 Å². The highest BCUT2D eigenvalue weighted by atomic mass is 32.1. The van der Waals surface area contributed by atoms with Crippen molar-refractivity contribution in [3.8, 4) is 0 Å². The van der Waals surface area contributed by atoms with Crippen molar-refractivity contribution >= 4 is 17.2 Å². The molecule has 0 spiro atoms. The summed E-state index contributed by atoms with van der Waals surface area (Å²) < 4.78 is 1.73. The van der Waals surface area contributed by atoms with E-state index in [-0.39, 0.29) is 5.91 Å². The average molecular weight is 293 g/mol. The molecule has 0 radical (unpaired) electrons. The first-order valence-electron chi connectivity index (χ1n) is 6.80. The summed E-state index contributed by atoms with van der Waals surface area (Å²) in [6, 6.07) is 0. The molecule has 20 heavy (non-hydrogen) atoms. The Hall–Kier alpha value is -1.76. The molecule has 0 fully saturated rings. The third-order valence-electron chi connectivity index (χ3n) is 2.88. The van der Waals surface area contributed by atoms with Gasteiger partial charge in [0.15, 0.2) is 0 Å². The molecule has 2 aromatic rings. The van der Waals surface area contributed by atoms with E-state index in [4.69, 9.17) is 0 Å². The molecule has 2 aromatic heterocycles. The van der Waals surface area contributed by atoms with Crippen LogP contribution in [0.3, 0.4) is 0 Å². The zero-order chi connectivity index (χ0) is 14.2. The molecule has 7 heteroatoms. The molecule has 2 heterocycles. The highest BCUT2D eigenvalue weighted by Crippen LogP contribution is 2.10. The Labute approximate surface area is 122 Å². The lowest BCUT2D eigenvalue weighted by molar-refractivity contribution is -0.121. The Morgan fingerprint density at radius 3 is 3.10 bits per heavy atom. The predicted molar refractivity (Wildman–Crippen MR) is 77.5 cm³/mol. The Balaban J connectivity index is 1.58. The SMILES string of the molecule is CCc1csc(CCNC(=O)CCCn2cncn2)n1. The molecule has 0 aliphatic rings. The second-order valence-electron chi connectivity index (χ2n) is 4.45. The Kier molecular flexibility index (Phi) is 5.67. The molecular formula is C13H19N5OS. The van der Waals surface area contributed by atoms with E-state index in [1.807, 2.05) is 0 Å². The molecule has 6 nitrogen and oxygen atoms in total. The van der Waals surface area contributed by atoms with Crippen LogP contribution in [0.2, 0.25) is 0 Å². The fourth-order valence-corrected chi connectivity index (χ4v) is 2.65. The third-order valence-corrected chi connectivity index (χ3v) is 3.84. The van der Waals surface area contributed by atoms with Gasteiger partial charge in [0.25, 0.3) is 0 Å². The van der Waals surface area contributed by atoms with Crippen LogP contribution < -0.4 is 5.32 Å². The van der Waals surface area contributed by atoms with E-state index in [9.17, 15) is 4.79 Å². The highest BCUT2D eigenvalue weighted by Gasteiger charge is 2.03. The summed E-state index contributed by atoms with van der Waals surface area (Å²) in [6.07, 6.45) is 6.21. The van der Waals surface area contributed by atoms with Crippen molar-refractivity contribution in [2.75, 3.05) is 6.54 Å². The van der Waals surface area contributed by atoms with Crippen molar-refractivity contribution in [3.63, 3.8) is 0 Å². The Morgan fingerprint density at radius 1 is 1.50 bits per heavy atom. The lowest BCUT2D eigenvalue weighted by atomic mass is 10.3. The smallest absolute Gasteiger partial charge is 0.220 e. The van der Waals surface area contributed by atoms with Crippen molar-refractivity contribution in [3.05, 3.63) is 28.7 Å². The van der Waals surface area contributed by atoms with Gasteiger partial charge in [0.05, 0.1) is 10.7 Å². The van der Waals surface area contributed by atoms with Crippen molar-refractivity contribution in [1.29, 1.82) is 0 Å². The summed E-state index contributed by atoms with van der Waals surface area (Å²) in [4.78, 5) is 20.0. The highest BCUT2D eigenvalue weighted by molar-refractivity contribution is 7.09. The van der Waals surface area contributed by atoms with Crippen molar-refractivity contribution in [2.24, 2.45) is 0 Å². The van der Waals surface area contributed by atoms with Gasteiger partial charge in [0.2, 0.25) is 5.91 Å². The zero-order valence-electron chi connectivity index (χ0n) is 11.6. The summed E-state index contributed by atoms with van der Waals surface area (Å²) >= 11 is 1.66. The Bertz CT molecular complexity index is 523. The normalized spacial score (nSPS) is 10.7. The summed E-state index contributed by atoms with van der Waals surface area (Å²) in [5.74, 6) is 0.0809. The van der Waals surface area contributed by atoms with Crippen LogP contribution in [-0.4, -0.2) is 32.2 Å². The van der Waals surface area contributed by atoms with Crippen LogP contribution in [0.1, 0.15) is 30.5 Å². The van der Waals surface area contributed by atoms with E-state index in [1.54, 1.807) is 22.3 Å². The number of hydrogen-bond donors (Lipinski definition) is 1. The molecule has 0 atom stereocenters. The van der Waals surface area contributed by atoms with Gasteiger partial charge in [0.1, 0.15) is 12.7 Å². The van der Waals surface area contributed by atoms with Gasteiger partial charge in [-0.15, -0.1) is 11.3 Å². The number of rotatable bonds is 8. The minimum absolute atomic E-state index is 0.0809. The average Bonchev–Trinajstić information content (AvgIpc) is 3.10. The van der Waals surface area contributed by atoms with E-state index in [2.05, 4.69) is 32.7 Å². The second kappa shape index (κ2) is 7.74. The molecule has 0 saturated heterocycles. The molecule has 0 unspecified atom stereocenters. The van der Waals surface area contributed by atoms with Gasteiger partial charge in [0, 0.05) is 31.3 Å². The predicted octanol–water partition coefficient (Wildman–Crippen LogP) is 1.44. The molecule has 108 valence electrons. The van der Waals surface area contributed by atoms with Gasteiger partial charge in [-0.3, -0.25) is 9.48 Å². The minimum Gasteiger partial charge on any atom is -0.356 e. The zero-order valence-corrected chi connectivity index (χ0v) is 12.4. The maximum absolute atomic E-state index is 11.6. The number of nitrogens with zero attached hydrogens (tertiary/aromatic N) is 4. The van der Waals surface area contributed by atoms with Crippen LogP contribution in [0.5, 0.6) is 0 Å². The summed E-state index contributed by atoms with van der Waals surface area (Å²) in [5.41, 5.74) is 1.13. The number of carbonyl (C=O) groups is 1. The van der Waals surface area contributed by atoms with Gasteiger partial charge in [-0.2, -0.15) is 5.10 Å². The van der Waals surface area contributed by atoms with Crippen molar-refractivity contribution < 1.29 is 4.79 Å². The number of thiazole rings is 1. The van der Waals surface area contributed by atoms with Gasteiger partial charge >= 0.3 is 0 Å². The fourth-order valence-electron chi connectivity index (χ4n) is 1.77. The first-order valence-corrected chi connectivity index (χ1v) is 7.68. The number of aryl methyl sites for hydroxylation is 2. The van der Waals surface area contributed by atoms with Crippen molar-refractivity contribution in [2.45, 2.75) is 39.2 Å². The number of aromatic nitrogens is 4. The van der Waals surface area contributed by atoms with Gasteiger partial charge in [-0.1, -0.05) is 6.92 Å². The number of carbonyl (C=O) groups excluding carboxylic acids is 1. The molecule has 0 aliphatic heterocycles. The maximum atomic E-state index is 11.6. The molecule has 0 aromatic carbocycles. The van der Waals surface area contributed by atoms with E-state index in [0.29, 0.717) is 13.0 Å². The molecule has 0 saturated carbocycles. The second-order valence-corrected chi connectivity index (χ2v) is 5.39. The summed E-state index contributed by atoms with van der Waals surface area (Å²) in [5, 5.41) is 10.1. The molecule has 0 aliphatic carbocycles. The molecule has 0 bridgehead atoms. The standard InChI is InChI=1S/C13H19N5OS/c1-2-11-8-20-13(17-11)5-6-15-12(19)4-3-7-18-10-14-9-16-18/h8-10H,2-7H2,1H3,(H,15,19). The first kappa shape index (κ1) is 14.6. The summed E-state index contributed by atoms with van der Waals surface area (Å²) in [6.45, 7) is 3.47. The van der Waals surface area contributed by atoms with Gasteiger partial charge < -0.3 is 5.32 Å². The van der Waals surface area contributed by atoms with Crippen LogP contribution in [0.15, 0.2) is 18.0 Å². The summed E-state index contributed by atoms with van der Waals surface area (Å²) in [7, 11) is 0. The van der Waals surface area contributed by atoms with Crippen LogP contribution in [0, 0.1) is 0 Å². The topological polar surface area (TPSA) is 72.7 Å².